The zero-order chi connectivity index (χ0) is 13.9. The summed E-state index contributed by atoms with van der Waals surface area (Å²) in [7, 11) is 1.97. The molecule has 19 heavy (non-hydrogen) atoms. The van der Waals surface area contributed by atoms with Crippen LogP contribution in [0.5, 0.6) is 0 Å². The van der Waals surface area contributed by atoms with Gasteiger partial charge < -0.3 is 5.32 Å². The summed E-state index contributed by atoms with van der Waals surface area (Å²) in [6.45, 7) is 7.69. The van der Waals surface area contributed by atoms with Crippen molar-refractivity contribution >= 4 is 11.3 Å². The van der Waals surface area contributed by atoms with Crippen LogP contribution in [0.3, 0.4) is 0 Å². The smallest absolute Gasteiger partial charge is 0.0945 e. The zero-order valence-electron chi connectivity index (χ0n) is 12.2. The topological polar surface area (TPSA) is 24.9 Å². The largest absolute Gasteiger partial charge is 0.319 e. The molecule has 0 saturated heterocycles. The van der Waals surface area contributed by atoms with Crippen LogP contribution < -0.4 is 5.32 Å². The summed E-state index contributed by atoms with van der Waals surface area (Å²) in [4.78, 5) is 4.69. The van der Waals surface area contributed by atoms with Crippen molar-refractivity contribution in [3.8, 4) is 11.3 Å². The number of hydrogen-bond acceptors (Lipinski definition) is 3. The second kappa shape index (κ2) is 5.85. The predicted octanol–water partition coefficient (Wildman–Crippen LogP) is 3.87. The molecule has 2 nitrogen and oxygen atoms in total. The fourth-order valence-electron chi connectivity index (χ4n) is 1.93. The molecule has 0 unspecified atom stereocenters. The van der Waals surface area contributed by atoms with Gasteiger partial charge in [-0.3, -0.25) is 0 Å². The van der Waals surface area contributed by atoms with Gasteiger partial charge in [0, 0.05) is 23.9 Å². The number of thiazole rings is 1. The third-order valence-electron chi connectivity index (χ3n) is 3.19. The van der Waals surface area contributed by atoms with Crippen molar-refractivity contribution in [1.29, 1.82) is 0 Å². The van der Waals surface area contributed by atoms with E-state index in [0.717, 1.165) is 18.7 Å². The molecule has 0 aliphatic rings. The van der Waals surface area contributed by atoms with Crippen LogP contribution in [-0.4, -0.2) is 18.6 Å². The highest BCUT2D eigenvalue weighted by Crippen LogP contribution is 2.27. The number of rotatable bonds is 4. The van der Waals surface area contributed by atoms with Gasteiger partial charge in [-0.15, -0.1) is 11.3 Å². The van der Waals surface area contributed by atoms with E-state index < -0.39 is 0 Å². The van der Waals surface area contributed by atoms with Crippen LogP contribution in [0.1, 0.15) is 31.3 Å². The molecule has 0 saturated carbocycles. The van der Waals surface area contributed by atoms with Crippen molar-refractivity contribution in [3.05, 3.63) is 40.2 Å². The van der Waals surface area contributed by atoms with Gasteiger partial charge in [0.1, 0.15) is 0 Å². The molecule has 0 aliphatic heterocycles. The minimum absolute atomic E-state index is 0.207. The fraction of sp³-hybridized carbons (Fsp3) is 0.438. The minimum Gasteiger partial charge on any atom is -0.319 e. The molecule has 2 aromatic rings. The Morgan fingerprint density at radius 1 is 1.16 bits per heavy atom. The van der Waals surface area contributed by atoms with Gasteiger partial charge >= 0.3 is 0 Å². The van der Waals surface area contributed by atoms with E-state index in [0.29, 0.717) is 0 Å². The third-order valence-corrected chi connectivity index (χ3v) is 4.10. The van der Waals surface area contributed by atoms with Gasteiger partial charge in [0.15, 0.2) is 0 Å². The van der Waals surface area contributed by atoms with Gasteiger partial charge in [0.05, 0.1) is 10.7 Å². The number of aromatic nitrogens is 1. The molecule has 1 aromatic carbocycles. The molecule has 0 spiro atoms. The molecule has 1 N–H and O–H groups in total. The monoisotopic (exact) mass is 274 g/mol. The van der Waals surface area contributed by atoms with Gasteiger partial charge in [-0.2, -0.15) is 0 Å². The van der Waals surface area contributed by atoms with E-state index in [1.165, 1.54) is 16.1 Å². The predicted molar refractivity (Wildman–Crippen MR) is 83.9 cm³/mol. The Bertz CT molecular complexity index is 520. The van der Waals surface area contributed by atoms with Gasteiger partial charge in [0.2, 0.25) is 0 Å². The first-order valence-corrected chi connectivity index (χ1v) is 7.58. The normalized spacial score (nSPS) is 11.8. The van der Waals surface area contributed by atoms with Crippen LogP contribution in [-0.2, 0) is 11.8 Å². The number of likely N-dealkylation sites (N-methyl/N-ethyl adjacent to an activating group) is 1. The molecule has 0 amide bonds. The Hall–Kier alpha value is -1.19. The Morgan fingerprint density at radius 2 is 1.84 bits per heavy atom. The molecule has 0 atom stereocenters. The average molecular weight is 274 g/mol. The summed E-state index contributed by atoms with van der Waals surface area (Å²) in [6.07, 6.45) is 1.00. The summed E-state index contributed by atoms with van der Waals surface area (Å²) in [5, 5.41) is 6.50. The van der Waals surface area contributed by atoms with Crippen LogP contribution in [0.4, 0.5) is 0 Å². The molecule has 3 heteroatoms. The lowest BCUT2D eigenvalue weighted by Crippen LogP contribution is -2.10. The highest BCUT2D eigenvalue weighted by molar-refractivity contribution is 7.09. The van der Waals surface area contributed by atoms with E-state index in [2.05, 4.69) is 60.7 Å². The first kappa shape index (κ1) is 14.2. The van der Waals surface area contributed by atoms with Crippen molar-refractivity contribution in [2.75, 3.05) is 13.6 Å². The summed E-state index contributed by atoms with van der Waals surface area (Å²) in [6, 6.07) is 8.78. The SMILES string of the molecule is CNCCc1nc(-c2ccc(C(C)(C)C)cc2)cs1. The first-order chi connectivity index (χ1) is 9.00. The van der Waals surface area contributed by atoms with Crippen molar-refractivity contribution in [2.45, 2.75) is 32.6 Å². The van der Waals surface area contributed by atoms with Crippen LogP contribution >= 0.6 is 11.3 Å². The Labute approximate surface area is 119 Å². The second-order valence-corrected chi connectivity index (χ2v) is 6.75. The summed E-state index contributed by atoms with van der Waals surface area (Å²) >= 11 is 1.74. The molecule has 0 fully saturated rings. The lowest BCUT2D eigenvalue weighted by atomic mass is 9.86. The molecule has 2 rings (SSSR count). The second-order valence-electron chi connectivity index (χ2n) is 5.81. The Balaban J connectivity index is 2.16. The standard InChI is InChI=1S/C16H22N2S/c1-16(2,3)13-7-5-12(6-8-13)14-11-19-15(18-14)9-10-17-4/h5-8,11,17H,9-10H2,1-4H3. The maximum absolute atomic E-state index is 4.69. The third kappa shape index (κ3) is 3.64. The molecular weight excluding hydrogens is 252 g/mol. The Kier molecular flexibility index (Phi) is 4.38. The molecule has 0 aliphatic carbocycles. The van der Waals surface area contributed by atoms with Crippen molar-refractivity contribution < 1.29 is 0 Å². The Morgan fingerprint density at radius 3 is 2.42 bits per heavy atom. The molecule has 0 bridgehead atoms. The van der Waals surface area contributed by atoms with Crippen LogP contribution in [0, 0.1) is 0 Å². The van der Waals surface area contributed by atoms with E-state index >= 15 is 0 Å². The van der Waals surface area contributed by atoms with Gasteiger partial charge in [-0.1, -0.05) is 45.0 Å². The molecular formula is C16H22N2S. The molecule has 0 radical (unpaired) electrons. The van der Waals surface area contributed by atoms with Crippen LogP contribution in [0.25, 0.3) is 11.3 Å². The maximum atomic E-state index is 4.69. The van der Waals surface area contributed by atoms with E-state index in [-0.39, 0.29) is 5.41 Å². The lowest BCUT2D eigenvalue weighted by Gasteiger charge is -2.18. The summed E-state index contributed by atoms with van der Waals surface area (Å²) < 4.78 is 0. The summed E-state index contributed by atoms with van der Waals surface area (Å²) in [5.41, 5.74) is 3.87. The number of hydrogen-bond donors (Lipinski definition) is 1. The van der Waals surface area contributed by atoms with Crippen LogP contribution in [0.15, 0.2) is 29.6 Å². The van der Waals surface area contributed by atoms with E-state index in [1.807, 2.05) is 7.05 Å². The first-order valence-electron chi connectivity index (χ1n) is 6.70. The van der Waals surface area contributed by atoms with Crippen molar-refractivity contribution in [1.82, 2.24) is 10.3 Å². The van der Waals surface area contributed by atoms with E-state index in [9.17, 15) is 0 Å². The van der Waals surface area contributed by atoms with E-state index in [4.69, 9.17) is 0 Å². The van der Waals surface area contributed by atoms with Gasteiger partial charge in [-0.25, -0.2) is 4.98 Å². The average Bonchev–Trinajstić information content (AvgIpc) is 2.84. The minimum atomic E-state index is 0.207. The molecule has 1 aromatic heterocycles. The van der Waals surface area contributed by atoms with E-state index in [1.54, 1.807) is 11.3 Å². The summed E-state index contributed by atoms with van der Waals surface area (Å²) in [5.74, 6) is 0. The highest BCUT2D eigenvalue weighted by atomic mass is 32.1. The maximum Gasteiger partial charge on any atom is 0.0945 e. The number of nitrogens with one attached hydrogen (secondary N) is 1. The molecule has 1 heterocycles. The van der Waals surface area contributed by atoms with Crippen molar-refractivity contribution in [2.24, 2.45) is 0 Å². The molecule has 102 valence electrons. The quantitative estimate of drug-likeness (QED) is 0.915. The van der Waals surface area contributed by atoms with Gasteiger partial charge in [0.25, 0.3) is 0 Å². The number of benzene rings is 1. The van der Waals surface area contributed by atoms with Crippen LogP contribution in [0.2, 0.25) is 0 Å². The fourth-order valence-corrected chi connectivity index (χ4v) is 2.74. The zero-order valence-corrected chi connectivity index (χ0v) is 13.0. The van der Waals surface area contributed by atoms with Crippen molar-refractivity contribution in [3.63, 3.8) is 0 Å². The highest BCUT2D eigenvalue weighted by Gasteiger charge is 2.13. The van der Waals surface area contributed by atoms with Gasteiger partial charge in [-0.05, 0) is 18.0 Å². The lowest BCUT2D eigenvalue weighted by molar-refractivity contribution is 0.590. The number of nitrogens with zero attached hydrogens (tertiary/aromatic N) is 1.